The van der Waals surface area contributed by atoms with Crippen molar-refractivity contribution in [1.82, 2.24) is 5.16 Å². The summed E-state index contributed by atoms with van der Waals surface area (Å²) in [7, 11) is 1.39. The molecule has 1 saturated carbocycles. The van der Waals surface area contributed by atoms with Gasteiger partial charge in [0.25, 0.3) is 11.8 Å². The topological polar surface area (TPSA) is 105 Å². The van der Waals surface area contributed by atoms with Gasteiger partial charge in [-0.2, -0.15) is 0 Å². The highest BCUT2D eigenvalue weighted by molar-refractivity contribution is 6.38. The Morgan fingerprint density at radius 3 is 2.66 bits per heavy atom. The average molecular weight is 457 g/mol. The summed E-state index contributed by atoms with van der Waals surface area (Å²) in [5.41, 5.74) is 1.66. The predicted molar refractivity (Wildman–Crippen MR) is 116 cm³/mol. The van der Waals surface area contributed by atoms with E-state index in [1.807, 2.05) is 0 Å². The number of carbonyl (C=O) groups excluding carboxylic acids is 1. The smallest absolute Gasteiger partial charge is 0.260 e. The minimum absolute atomic E-state index is 0.0287. The van der Waals surface area contributed by atoms with E-state index < -0.39 is 17.5 Å². The number of hydrogen-bond donors (Lipinski definition) is 3. The van der Waals surface area contributed by atoms with E-state index in [0.29, 0.717) is 16.8 Å². The van der Waals surface area contributed by atoms with Crippen LogP contribution in [0.1, 0.15) is 29.7 Å². The second kappa shape index (κ2) is 7.36. The number of nitrogens with zero attached hydrogens (tertiary/aromatic N) is 1. The number of amides is 1. The monoisotopic (exact) mass is 456 g/mol. The largest absolute Gasteiger partial charge is 0.504 e. The van der Waals surface area contributed by atoms with Gasteiger partial charge in [0.15, 0.2) is 5.76 Å². The summed E-state index contributed by atoms with van der Waals surface area (Å²) >= 11 is 6.42. The highest BCUT2D eigenvalue weighted by Gasteiger charge is 2.44. The lowest BCUT2D eigenvalue weighted by Crippen LogP contribution is -2.12. The standard InChI is InChI=1S/C23H18ClFN2O5/c1-31-19-9-18(32-27-19)21(29)20-14-7-13(15(24)8-17(14)26-22(20)30)12-3-2-11(6-16(12)25)23(10-28)4-5-23/h2-3,6-9,28-29H,4-5,10H2,1H3,(H,26,30)/b21-20+. The maximum absolute atomic E-state index is 15.1. The first-order valence-electron chi connectivity index (χ1n) is 9.88. The minimum atomic E-state index is -0.560. The van der Waals surface area contributed by atoms with Gasteiger partial charge in [0.2, 0.25) is 5.76 Å². The number of aliphatic hydroxyl groups is 2. The molecule has 0 unspecified atom stereocenters. The van der Waals surface area contributed by atoms with Gasteiger partial charge < -0.3 is 24.8 Å². The third-order valence-electron chi connectivity index (χ3n) is 6.05. The van der Waals surface area contributed by atoms with Crippen LogP contribution in [0.5, 0.6) is 5.88 Å². The Hall–Kier alpha value is -3.36. The molecule has 1 aliphatic carbocycles. The Balaban J connectivity index is 1.61. The van der Waals surface area contributed by atoms with Gasteiger partial charge in [0.05, 0.1) is 36.1 Å². The number of methoxy groups -OCH3 is 1. The summed E-state index contributed by atoms with van der Waals surface area (Å²) in [6.45, 7) is -0.0287. The number of benzene rings is 2. The zero-order valence-electron chi connectivity index (χ0n) is 16.9. The van der Waals surface area contributed by atoms with Crippen molar-refractivity contribution in [2.24, 2.45) is 0 Å². The zero-order chi connectivity index (χ0) is 22.6. The van der Waals surface area contributed by atoms with E-state index in [4.69, 9.17) is 20.9 Å². The second-order valence-electron chi connectivity index (χ2n) is 7.92. The predicted octanol–water partition coefficient (Wildman–Crippen LogP) is 4.55. The summed E-state index contributed by atoms with van der Waals surface area (Å²) in [6, 6.07) is 9.21. The fourth-order valence-electron chi connectivity index (χ4n) is 3.97. The number of carbonyl (C=O) groups is 1. The fraction of sp³-hybridized carbons (Fsp3) is 0.217. The molecule has 1 fully saturated rings. The first-order chi connectivity index (χ1) is 15.4. The zero-order valence-corrected chi connectivity index (χ0v) is 17.7. The molecule has 9 heteroatoms. The molecule has 7 nitrogen and oxygen atoms in total. The molecule has 1 aliphatic heterocycles. The summed E-state index contributed by atoms with van der Waals surface area (Å²) in [5.74, 6) is -1.39. The van der Waals surface area contributed by atoms with E-state index in [1.165, 1.54) is 25.3 Å². The molecule has 3 N–H and O–H groups in total. The van der Waals surface area contributed by atoms with Crippen molar-refractivity contribution in [3.8, 4) is 17.0 Å². The quantitative estimate of drug-likeness (QED) is 0.384. The Kier molecular flexibility index (Phi) is 4.72. The summed E-state index contributed by atoms with van der Waals surface area (Å²) in [4.78, 5) is 12.6. The van der Waals surface area contributed by atoms with Crippen LogP contribution in [0.3, 0.4) is 0 Å². The van der Waals surface area contributed by atoms with Gasteiger partial charge in [-0.15, -0.1) is 0 Å². The van der Waals surface area contributed by atoms with Crippen molar-refractivity contribution in [2.45, 2.75) is 18.3 Å². The van der Waals surface area contributed by atoms with Gasteiger partial charge in [-0.3, -0.25) is 4.79 Å². The number of ether oxygens (including phenoxy) is 1. The van der Waals surface area contributed by atoms with Crippen LogP contribution in [0.15, 0.2) is 40.9 Å². The van der Waals surface area contributed by atoms with Crippen molar-refractivity contribution in [1.29, 1.82) is 0 Å². The molecule has 1 aromatic heterocycles. The average Bonchev–Trinajstić information content (AvgIpc) is 3.31. The number of rotatable bonds is 5. The van der Waals surface area contributed by atoms with Gasteiger partial charge in [-0.25, -0.2) is 4.39 Å². The van der Waals surface area contributed by atoms with Crippen molar-refractivity contribution < 1.29 is 28.7 Å². The molecule has 32 heavy (non-hydrogen) atoms. The lowest BCUT2D eigenvalue weighted by molar-refractivity contribution is -0.110. The number of aromatic nitrogens is 1. The van der Waals surface area contributed by atoms with Crippen LogP contribution in [-0.4, -0.2) is 35.0 Å². The van der Waals surface area contributed by atoms with Crippen LogP contribution in [0.2, 0.25) is 5.02 Å². The van der Waals surface area contributed by atoms with Crippen LogP contribution in [0, 0.1) is 5.82 Å². The lowest BCUT2D eigenvalue weighted by Gasteiger charge is -2.15. The molecule has 2 aliphatic rings. The lowest BCUT2D eigenvalue weighted by atomic mass is 9.92. The van der Waals surface area contributed by atoms with Crippen molar-refractivity contribution >= 4 is 34.5 Å². The molecule has 5 rings (SSSR count). The van der Waals surface area contributed by atoms with Crippen LogP contribution >= 0.6 is 11.6 Å². The first-order valence-corrected chi connectivity index (χ1v) is 10.3. The molecule has 164 valence electrons. The molecular formula is C23H18ClFN2O5. The molecule has 2 aromatic carbocycles. The third-order valence-corrected chi connectivity index (χ3v) is 6.36. The first kappa shape index (κ1) is 20.5. The molecule has 2 heterocycles. The van der Waals surface area contributed by atoms with Gasteiger partial charge >= 0.3 is 0 Å². The third kappa shape index (κ3) is 3.14. The van der Waals surface area contributed by atoms with Crippen LogP contribution in [-0.2, 0) is 10.2 Å². The Morgan fingerprint density at radius 1 is 1.25 bits per heavy atom. The van der Waals surface area contributed by atoms with E-state index in [0.717, 1.165) is 18.4 Å². The highest BCUT2D eigenvalue weighted by Crippen LogP contribution is 2.49. The van der Waals surface area contributed by atoms with Crippen molar-refractivity contribution in [3.63, 3.8) is 0 Å². The molecule has 0 bridgehead atoms. The second-order valence-corrected chi connectivity index (χ2v) is 8.33. The van der Waals surface area contributed by atoms with Gasteiger partial charge in [0, 0.05) is 22.1 Å². The SMILES string of the molecule is COc1cc(/C(O)=C2\C(=O)Nc3cc(Cl)c(-c4ccc(C5(CO)CC5)cc4F)cc32)on1. The van der Waals surface area contributed by atoms with E-state index in [-0.39, 0.29) is 39.8 Å². The van der Waals surface area contributed by atoms with Gasteiger partial charge in [-0.05, 0) is 41.8 Å². The summed E-state index contributed by atoms with van der Waals surface area (Å²) in [6.07, 6.45) is 1.63. The molecule has 0 saturated heterocycles. The van der Waals surface area contributed by atoms with Crippen molar-refractivity contribution in [2.75, 3.05) is 19.0 Å². The van der Waals surface area contributed by atoms with Crippen LogP contribution in [0.25, 0.3) is 22.5 Å². The molecular weight excluding hydrogens is 439 g/mol. The molecule has 3 aromatic rings. The minimum Gasteiger partial charge on any atom is -0.504 e. The maximum Gasteiger partial charge on any atom is 0.260 e. The molecule has 0 spiro atoms. The van der Waals surface area contributed by atoms with Crippen LogP contribution in [0.4, 0.5) is 10.1 Å². The van der Waals surface area contributed by atoms with E-state index in [2.05, 4.69) is 10.5 Å². The maximum atomic E-state index is 15.1. The number of fused-ring (bicyclic) bond motifs is 1. The summed E-state index contributed by atoms with van der Waals surface area (Å²) < 4.78 is 25.1. The van der Waals surface area contributed by atoms with Crippen molar-refractivity contribution in [3.05, 3.63) is 64.1 Å². The van der Waals surface area contributed by atoms with Crippen LogP contribution < -0.4 is 10.1 Å². The Labute approximate surface area is 187 Å². The Morgan fingerprint density at radius 2 is 2.03 bits per heavy atom. The number of halogens is 2. The molecule has 1 amide bonds. The van der Waals surface area contributed by atoms with E-state index in [9.17, 15) is 15.0 Å². The number of anilines is 1. The fourth-order valence-corrected chi connectivity index (χ4v) is 4.24. The Bertz CT molecular complexity index is 1300. The molecule has 0 atom stereocenters. The van der Waals surface area contributed by atoms with Gasteiger partial charge in [0.1, 0.15) is 5.82 Å². The summed E-state index contributed by atoms with van der Waals surface area (Å²) in [5, 5.41) is 26.8. The normalized spacial score (nSPS) is 17.7. The highest BCUT2D eigenvalue weighted by atomic mass is 35.5. The van der Waals surface area contributed by atoms with E-state index in [1.54, 1.807) is 18.2 Å². The molecule has 0 radical (unpaired) electrons. The van der Waals surface area contributed by atoms with Gasteiger partial charge in [-0.1, -0.05) is 23.7 Å². The number of aliphatic hydroxyl groups excluding tert-OH is 2. The number of nitrogens with one attached hydrogen (secondary N) is 1. The van der Waals surface area contributed by atoms with E-state index >= 15 is 4.39 Å². The number of hydrogen-bond acceptors (Lipinski definition) is 6.